The summed E-state index contributed by atoms with van der Waals surface area (Å²) in [7, 11) is 3.11. The SMILES string of the molecule is CNC(=O)c1nn(C)nc1N. The number of carbonyl (C=O) groups is 1. The quantitative estimate of drug-likeness (QED) is 0.531. The Morgan fingerprint density at radius 3 is 2.64 bits per heavy atom. The minimum absolute atomic E-state index is 0.145. The van der Waals surface area contributed by atoms with Crippen LogP contribution in [0.4, 0.5) is 5.82 Å². The van der Waals surface area contributed by atoms with Crippen molar-refractivity contribution in [2.24, 2.45) is 7.05 Å². The van der Waals surface area contributed by atoms with Crippen LogP contribution in [0.5, 0.6) is 0 Å². The highest BCUT2D eigenvalue weighted by Gasteiger charge is 2.12. The van der Waals surface area contributed by atoms with Crippen molar-refractivity contribution in [3.8, 4) is 0 Å². The highest BCUT2D eigenvalue weighted by atomic mass is 16.1. The molecule has 0 bridgehead atoms. The van der Waals surface area contributed by atoms with Crippen LogP contribution in [0.2, 0.25) is 0 Å². The summed E-state index contributed by atoms with van der Waals surface area (Å²) in [5, 5.41) is 9.85. The number of hydrogen-bond donors (Lipinski definition) is 2. The van der Waals surface area contributed by atoms with Crippen LogP contribution in [0, 0.1) is 0 Å². The lowest BCUT2D eigenvalue weighted by Crippen LogP contribution is -2.19. The molecule has 0 aromatic carbocycles. The molecule has 6 heteroatoms. The average Bonchev–Trinajstić information content (AvgIpc) is 2.28. The van der Waals surface area contributed by atoms with Crippen molar-refractivity contribution < 1.29 is 4.79 Å². The maximum atomic E-state index is 10.9. The van der Waals surface area contributed by atoms with Gasteiger partial charge in [0, 0.05) is 14.1 Å². The van der Waals surface area contributed by atoms with E-state index in [9.17, 15) is 4.79 Å². The Kier molecular flexibility index (Phi) is 1.75. The number of nitrogen functional groups attached to an aromatic ring is 1. The number of nitrogens with one attached hydrogen (secondary N) is 1. The van der Waals surface area contributed by atoms with E-state index in [0.29, 0.717) is 0 Å². The molecule has 0 fully saturated rings. The molecule has 0 saturated heterocycles. The molecule has 0 saturated carbocycles. The molecule has 0 spiro atoms. The predicted molar refractivity (Wildman–Crippen MR) is 38.8 cm³/mol. The fraction of sp³-hybridized carbons (Fsp3) is 0.400. The van der Waals surface area contributed by atoms with Crippen molar-refractivity contribution in [1.82, 2.24) is 20.3 Å². The summed E-state index contributed by atoms with van der Waals surface area (Å²) in [6, 6.07) is 0. The van der Waals surface area contributed by atoms with Gasteiger partial charge in [-0.3, -0.25) is 4.79 Å². The number of carbonyl (C=O) groups excluding carboxylic acids is 1. The number of rotatable bonds is 1. The molecule has 1 aromatic heterocycles. The van der Waals surface area contributed by atoms with Gasteiger partial charge in [0.2, 0.25) is 0 Å². The van der Waals surface area contributed by atoms with Crippen molar-refractivity contribution in [3.05, 3.63) is 5.69 Å². The van der Waals surface area contributed by atoms with E-state index >= 15 is 0 Å². The molecule has 6 nitrogen and oxygen atoms in total. The summed E-state index contributed by atoms with van der Waals surface area (Å²) in [4.78, 5) is 12.2. The minimum atomic E-state index is -0.324. The van der Waals surface area contributed by atoms with Crippen LogP contribution in [0.15, 0.2) is 0 Å². The highest BCUT2D eigenvalue weighted by Crippen LogP contribution is 2.01. The predicted octanol–water partition coefficient (Wildman–Crippen LogP) is -1.24. The van der Waals surface area contributed by atoms with Gasteiger partial charge in [-0.25, -0.2) is 0 Å². The molecular weight excluding hydrogens is 146 g/mol. The van der Waals surface area contributed by atoms with Gasteiger partial charge in [-0.05, 0) is 0 Å². The fourth-order valence-corrected chi connectivity index (χ4v) is 0.702. The molecule has 1 aromatic rings. The number of nitrogens with zero attached hydrogens (tertiary/aromatic N) is 3. The molecular formula is C5H9N5O. The minimum Gasteiger partial charge on any atom is -0.380 e. The lowest BCUT2D eigenvalue weighted by atomic mass is 10.4. The third-order valence-electron chi connectivity index (χ3n) is 1.18. The van der Waals surface area contributed by atoms with Crippen LogP contribution in [0.1, 0.15) is 10.5 Å². The Morgan fingerprint density at radius 1 is 1.64 bits per heavy atom. The van der Waals surface area contributed by atoms with Crippen LogP contribution in [0.3, 0.4) is 0 Å². The molecule has 0 atom stereocenters. The van der Waals surface area contributed by atoms with Crippen molar-refractivity contribution in [3.63, 3.8) is 0 Å². The first kappa shape index (κ1) is 7.52. The van der Waals surface area contributed by atoms with E-state index in [0.717, 1.165) is 0 Å². The number of hydrogen-bond acceptors (Lipinski definition) is 4. The Hall–Kier alpha value is -1.59. The molecule has 11 heavy (non-hydrogen) atoms. The van der Waals surface area contributed by atoms with Gasteiger partial charge in [-0.15, -0.1) is 10.2 Å². The monoisotopic (exact) mass is 155 g/mol. The Morgan fingerprint density at radius 2 is 2.27 bits per heavy atom. The smallest absolute Gasteiger partial charge is 0.275 e. The standard InChI is InChI=1S/C5H9N5O/c1-7-5(11)3-4(6)9-10(2)8-3/h1-2H3,(H2,6,9)(H,7,11). The Balaban J connectivity index is 3.03. The number of aromatic nitrogens is 3. The molecule has 3 N–H and O–H groups in total. The van der Waals surface area contributed by atoms with E-state index in [4.69, 9.17) is 5.73 Å². The molecule has 0 aliphatic carbocycles. The van der Waals surface area contributed by atoms with E-state index in [1.807, 2.05) is 0 Å². The second-order valence-electron chi connectivity index (χ2n) is 2.00. The first-order chi connectivity index (χ1) is 5.15. The summed E-state index contributed by atoms with van der Waals surface area (Å²) in [6.07, 6.45) is 0. The van der Waals surface area contributed by atoms with Crippen LogP contribution in [-0.4, -0.2) is 27.9 Å². The Bertz CT molecular complexity index is 278. The number of amides is 1. The lowest BCUT2D eigenvalue weighted by molar-refractivity contribution is 0.0958. The van der Waals surface area contributed by atoms with Crippen LogP contribution in [-0.2, 0) is 7.05 Å². The van der Waals surface area contributed by atoms with Gasteiger partial charge in [0.1, 0.15) is 0 Å². The molecule has 0 aliphatic rings. The van der Waals surface area contributed by atoms with Gasteiger partial charge in [-0.2, -0.15) is 4.80 Å². The lowest BCUT2D eigenvalue weighted by Gasteiger charge is -1.91. The zero-order chi connectivity index (χ0) is 8.43. The van der Waals surface area contributed by atoms with Crippen molar-refractivity contribution in [2.45, 2.75) is 0 Å². The van der Waals surface area contributed by atoms with E-state index in [1.165, 1.54) is 11.8 Å². The number of anilines is 1. The molecule has 0 aliphatic heterocycles. The molecule has 60 valence electrons. The maximum Gasteiger partial charge on any atom is 0.275 e. The van der Waals surface area contributed by atoms with E-state index in [-0.39, 0.29) is 17.4 Å². The summed E-state index contributed by atoms with van der Waals surface area (Å²) in [5.74, 6) is -0.178. The summed E-state index contributed by atoms with van der Waals surface area (Å²) in [5.41, 5.74) is 5.52. The van der Waals surface area contributed by atoms with E-state index in [2.05, 4.69) is 15.5 Å². The number of aryl methyl sites for hydroxylation is 1. The van der Waals surface area contributed by atoms with Gasteiger partial charge in [0.05, 0.1) is 0 Å². The van der Waals surface area contributed by atoms with Gasteiger partial charge >= 0.3 is 0 Å². The molecule has 0 radical (unpaired) electrons. The first-order valence-corrected chi connectivity index (χ1v) is 3.04. The second kappa shape index (κ2) is 2.57. The third-order valence-corrected chi connectivity index (χ3v) is 1.18. The average molecular weight is 155 g/mol. The summed E-state index contributed by atoms with van der Waals surface area (Å²) >= 11 is 0. The second-order valence-corrected chi connectivity index (χ2v) is 2.00. The van der Waals surface area contributed by atoms with Gasteiger partial charge in [-0.1, -0.05) is 0 Å². The number of nitrogens with two attached hydrogens (primary N) is 1. The molecule has 1 amide bonds. The Labute approximate surface area is 63.4 Å². The van der Waals surface area contributed by atoms with E-state index < -0.39 is 0 Å². The molecule has 1 heterocycles. The maximum absolute atomic E-state index is 10.9. The van der Waals surface area contributed by atoms with Crippen molar-refractivity contribution in [1.29, 1.82) is 0 Å². The van der Waals surface area contributed by atoms with E-state index in [1.54, 1.807) is 7.05 Å². The zero-order valence-corrected chi connectivity index (χ0v) is 6.33. The zero-order valence-electron chi connectivity index (χ0n) is 6.33. The van der Waals surface area contributed by atoms with Crippen LogP contribution in [0.25, 0.3) is 0 Å². The fourth-order valence-electron chi connectivity index (χ4n) is 0.702. The van der Waals surface area contributed by atoms with Gasteiger partial charge in [0.25, 0.3) is 5.91 Å². The van der Waals surface area contributed by atoms with Gasteiger partial charge < -0.3 is 11.1 Å². The summed E-state index contributed by atoms with van der Waals surface area (Å²) in [6.45, 7) is 0. The normalized spacial score (nSPS) is 9.64. The first-order valence-electron chi connectivity index (χ1n) is 3.04. The largest absolute Gasteiger partial charge is 0.380 e. The van der Waals surface area contributed by atoms with Crippen molar-refractivity contribution >= 4 is 11.7 Å². The highest BCUT2D eigenvalue weighted by molar-refractivity contribution is 5.95. The van der Waals surface area contributed by atoms with Gasteiger partial charge in [0.15, 0.2) is 11.5 Å². The summed E-state index contributed by atoms with van der Waals surface area (Å²) < 4.78 is 0. The van der Waals surface area contributed by atoms with Crippen molar-refractivity contribution in [2.75, 3.05) is 12.8 Å². The third kappa shape index (κ3) is 1.28. The topological polar surface area (TPSA) is 85.8 Å². The molecule has 0 unspecified atom stereocenters. The molecule has 1 rings (SSSR count). The van der Waals surface area contributed by atoms with Crippen LogP contribution < -0.4 is 11.1 Å². The van der Waals surface area contributed by atoms with Crippen LogP contribution >= 0.6 is 0 Å².